The summed E-state index contributed by atoms with van der Waals surface area (Å²) in [6.45, 7) is 0. The van der Waals surface area contributed by atoms with Crippen molar-refractivity contribution in [3.8, 4) is 5.75 Å². The van der Waals surface area contributed by atoms with Crippen LogP contribution in [-0.2, 0) is 4.79 Å². The third-order valence-corrected chi connectivity index (χ3v) is 4.81. The number of carbonyl (C=O) groups is 1. The molecule has 1 amide bonds. The molecule has 1 aliphatic carbocycles. The highest BCUT2D eigenvalue weighted by atomic mass is 19.4. The summed E-state index contributed by atoms with van der Waals surface area (Å²) in [5, 5.41) is 7.46. The van der Waals surface area contributed by atoms with Crippen molar-refractivity contribution >= 4 is 40.5 Å². The molecule has 9 heteroatoms. The average molecular weight is 428 g/mol. The van der Waals surface area contributed by atoms with E-state index in [1.807, 2.05) is 0 Å². The van der Waals surface area contributed by atoms with Crippen molar-refractivity contribution in [3.63, 3.8) is 0 Å². The second kappa shape index (κ2) is 8.25. The topological polar surface area (TPSA) is 76.1 Å². The second-order valence-corrected chi connectivity index (χ2v) is 7.14. The first-order valence-electron chi connectivity index (χ1n) is 9.63. The van der Waals surface area contributed by atoms with Crippen LogP contribution in [0.5, 0.6) is 5.75 Å². The van der Waals surface area contributed by atoms with E-state index in [0.717, 1.165) is 29.2 Å². The minimum atomic E-state index is -4.72. The average Bonchev–Trinajstić information content (AvgIpc) is 3.57. The summed E-state index contributed by atoms with van der Waals surface area (Å²) in [5.41, 5.74) is 1.46. The molecule has 0 unspecified atom stereocenters. The molecule has 160 valence electrons. The van der Waals surface area contributed by atoms with Gasteiger partial charge in [0, 0.05) is 36.3 Å². The Hall–Kier alpha value is -3.62. The van der Waals surface area contributed by atoms with Crippen LogP contribution in [0.1, 0.15) is 24.0 Å². The van der Waals surface area contributed by atoms with Gasteiger partial charge in [-0.1, -0.05) is 24.3 Å². The van der Waals surface area contributed by atoms with Crippen LogP contribution in [0.4, 0.5) is 24.8 Å². The highest BCUT2D eigenvalue weighted by Gasteiger charge is 2.31. The van der Waals surface area contributed by atoms with E-state index < -0.39 is 6.36 Å². The van der Waals surface area contributed by atoms with Crippen LogP contribution in [0.25, 0.3) is 22.9 Å². The van der Waals surface area contributed by atoms with Gasteiger partial charge in [-0.25, -0.2) is 9.97 Å². The Labute approximate surface area is 176 Å². The fourth-order valence-corrected chi connectivity index (χ4v) is 3.10. The number of alkyl halides is 3. The standard InChI is InChI=1S/C22H19F3N4O2/c1-26-20-18-12-27-19(29-21(30)14-6-7-14)10-17(18)15(11-28-20)5-2-13-3-8-16(9-4-13)31-22(23,24)25/h2-5,8-12,14H,6-7H2,1H3,(H,26,28)(H,27,29,30). The minimum Gasteiger partial charge on any atom is -0.406 e. The van der Waals surface area contributed by atoms with Gasteiger partial charge in [0.05, 0.1) is 0 Å². The third-order valence-electron chi connectivity index (χ3n) is 4.81. The number of nitrogens with one attached hydrogen (secondary N) is 2. The molecule has 31 heavy (non-hydrogen) atoms. The smallest absolute Gasteiger partial charge is 0.406 e. The van der Waals surface area contributed by atoms with Gasteiger partial charge in [-0.3, -0.25) is 4.79 Å². The van der Waals surface area contributed by atoms with Crippen LogP contribution in [0.3, 0.4) is 0 Å². The summed E-state index contributed by atoms with van der Waals surface area (Å²) in [7, 11) is 1.75. The van der Waals surface area contributed by atoms with Gasteiger partial charge in [0.25, 0.3) is 0 Å². The molecule has 1 fully saturated rings. The summed E-state index contributed by atoms with van der Waals surface area (Å²) >= 11 is 0. The molecule has 1 aromatic carbocycles. The molecule has 2 heterocycles. The summed E-state index contributed by atoms with van der Waals surface area (Å²) in [6.07, 6.45) is 3.96. The number of rotatable bonds is 6. The van der Waals surface area contributed by atoms with Gasteiger partial charge in [0.1, 0.15) is 17.4 Å². The Kier molecular flexibility index (Phi) is 5.50. The first kappa shape index (κ1) is 20.6. The molecule has 0 radical (unpaired) electrons. The summed E-state index contributed by atoms with van der Waals surface area (Å²) < 4.78 is 40.8. The molecule has 2 aromatic heterocycles. The zero-order valence-corrected chi connectivity index (χ0v) is 16.5. The van der Waals surface area contributed by atoms with Crippen LogP contribution in [-0.4, -0.2) is 29.3 Å². The molecule has 0 aliphatic heterocycles. The second-order valence-electron chi connectivity index (χ2n) is 7.14. The number of nitrogens with zero attached hydrogens (tertiary/aromatic N) is 2. The number of benzene rings is 1. The Balaban J connectivity index is 1.61. The summed E-state index contributed by atoms with van der Waals surface area (Å²) in [5.74, 6) is 0.853. The maximum absolute atomic E-state index is 12.3. The van der Waals surface area contributed by atoms with Crippen LogP contribution in [0.15, 0.2) is 42.7 Å². The quantitative estimate of drug-likeness (QED) is 0.572. The number of hydrogen-bond acceptors (Lipinski definition) is 5. The number of fused-ring (bicyclic) bond motifs is 1. The normalized spacial score (nSPS) is 14.1. The molecular formula is C22H19F3N4O2. The lowest BCUT2D eigenvalue weighted by Crippen LogP contribution is -2.16. The lowest BCUT2D eigenvalue weighted by Gasteiger charge is -2.10. The van der Waals surface area contributed by atoms with Gasteiger partial charge in [-0.2, -0.15) is 0 Å². The molecule has 0 atom stereocenters. The monoisotopic (exact) mass is 428 g/mol. The van der Waals surface area contributed by atoms with Gasteiger partial charge in [-0.15, -0.1) is 13.2 Å². The first-order valence-corrected chi connectivity index (χ1v) is 9.63. The SMILES string of the molecule is CNc1ncc(C=Cc2ccc(OC(F)(F)F)cc2)c2cc(NC(=O)C3CC3)ncc12. The number of pyridine rings is 2. The summed E-state index contributed by atoms with van der Waals surface area (Å²) in [6, 6.07) is 7.35. The minimum absolute atomic E-state index is 0.0343. The number of anilines is 2. The summed E-state index contributed by atoms with van der Waals surface area (Å²) in [4.78, 5) is 20.8. The molecule has 0 saturated heterocycles. The highest BCUT2D eigenvalue weighted by molar-refractivity contribution is 6.01. The van der Waals surface area contributed by atoms with Crippen molar-refractivity contribution in [1.82, 2.24) is 9.97 Å². The zero-order chi connectivity index (χ0) is 22.0. The van der Waals surface area contributed by atoms with E-state index in [2.05, 4.69) is 25.3 Å². The lowest BCUT2D eigenvalue weighted by molar-refractivity contribution is -0.274. The van der Waals surface area contributed by atoms with Crippen LogP contribution in [0, 0.1) is 5.92 Å². The number of hydrogen-bond donors (Lipinski definition) is 2. The fraction of sp³-hybridized carbons (Fsp3) is 0.227. The van der Waals surface area contributed by atoms with Crippen LogP contribution in [0.2, 0.25) is 0 Å². The first-order chi connectivity index (χ1) is 14.8. The van der Waals surface area contributed by atoms with E-state index in [1.165, 1.54) is 24.3 Å². The van der Waals surface area contributed by atoms with E-state index >= 15 is 0 Å². The Bertz CT molecular complexity index is 1140. The zero-order valence-electron chi connectivity index (χ0n) is 16.5. The van der Waals surface area contributed by atoms with Crippen molar-refractivity contribution in [3.05, 3.63) is 53.9 Å². The highest BCUT2D eigenvalue weighted by Crippen LogP contribution is 2.31. The van der Waals surface area contributed by atoms with Gasteiger partial charge in [0.15, 0.2) is 0 Å². The molecule has 4 rings (SSSR count). The van der Waals surface area contributed by atoms with E-state index in [0.29, 0.717) is 17.2 Å². The Morgan fingerprint density at radius 2 is 1.84 bits per heavy atom. The number of carbonyl (C=O) groups excluding carboxylic acids is 1. The van der Waals surface area contributed by atoms with Crippen LogP contribution >= 0.6 is 0 Å². The molecule has 1 aliphatic rings. The molecule has 1 saturated carbocycles. The Morgan fingerprint density at radius 3 is 2.48 bits per heavy atom. The number of halogens is 3. The van der Waals surface area contributed by atoms with Crippen molar-refractivity contribution < 1.29 is 22.7 Å². The van der Waals surface area contributed by atoms with E-state index in [1.54, 1.807) is 37.7 Å². The van der Waals surface area contributed by atoms with Crippen molar-refractivity contribution in [2.45, 2.75) is 19.2 Å². The van der Waals surface area contributed by atoms with Gasteiger partial charge < -0.3 is 15.4 Å². The fourth-order valence-electron chi connectivity index (χ4n) is 3.10. The van der Waals surface area contributed by atoms with Gasteiger partial charge in [-0.05, 0) is 42.0 Å². The maximum Gasteiger partial charge on any atom is 0.573 e. The van der Waals surface area contributed by atoms with Crippen molar-refractivity contribution in [2.24, 2.45) is 5.92 Å². The molecule has 2 N–H and O–H groups in total. The van der Waals surface area contributed by atoms with Gasteiger partial charge in [0.2, 0.25) is 5.91 Å². The van der Waals surface area contributed by atoms with Gasteiger partial charge >= 0.3 is 6.36 Å². The van der Waals surface area contributed by atoms with Crippen LogP contribution < -0.4 is 15.4 Å². The van der Waals surface area contributed by atoms with E-state index in [9.17, 15) is 18.0 Å². The van der Waals surface area contributed by atoms with E-state index in [-0.39, 0.29) is 17.6 Å². The third kappa shape index (κ3) is 5.11. The molecule has 6 nitrogen and oxygen atoms in total. The number of aromatic nitrogens is 2. The van der Waals surface area contributed by atoms with E-state index in [4.69, 9.17) is 0 Å². The predicted octanol–water partition coefficient (Wildman–Crippen LogP) is 5.09. The lowest BCUT2D eigenvalue weighted by atomic mass is 10.1. The maximum atomic E-state index is 12.3. The Morgan fingerprint density at radius 1 is 1.10 bits per heavy atom. The van der Waals surface area contributed by atoms with Crippen molar-refractivity contribution in [1.29, 1.82) is 0 Å². The number of ether oxygens (including phenoxy) is 1. The molecule has 0 spiro atoms. The van der Waals surface area contributed by atoms with Crippen molar-refractivity contribution in [2.75, 3.05) is 17.7 Å². The molecule has 3 aromatic rings. The molecular weight excluding hydrogens is 409 g/mol. The molecule has 0 bridgehead atoms. The predicted molar refractivity (Wildman–Crippen MR) is 112 cm³/mol. The largest absolute Gasteiger partial charge is 0.573 e. The number of amides is 1.